The standard InChI is InChI=1S/C27H31ClF3N7OS/c1-40-38-13-11-37(12-14-38)23-8-5-19-21(35-23)7-6-20(28)24(19)25(39)32-17-22(36-9-3-2-4-10-36)18-15-33-26(34-16-18)27(29,30)31/h5-8,15-16,22H,2-4,9-14,17H2,1H3,(H,32,39). The molecule has 1 atom stereocenters. The molecule has 0 aliphatic carbocycles. The number of halogens is 4. The number of rotatable bonds is 7. The third-order valence-corrected chi connectivity index (χ3v) is 8.65. The largest absolute Gasteiger partial charge is 0.451 e. The lowest BCUT2D eigenvalue weighted by atomic mass is 10.0. The average molecular weight is 594 g/mol. The number of hydrogen-bond donors (Lipinski definition) is 1. The van der Waals surface area contributed by atoms with Crippen LogP contribution in [0.2, 0.25) is 5.02 Å². The van der Waals surface area contributed by atoms with E-state index in [2.05, 4.69) is 35.6 Å². The van der Waals surface area contributed by atoms with Crippen LogP contribution in [0, 0.1) is 0 Å². The Balaban J connectivity index is 1.36. The Morgan fingerprint density at radius 2 is 1.73 bits per heavy atom. The minimum atomic E-state index is -4.62. The Morgan fingerprint density at radius 3 is 2.38 bits per heavy atom. The molecule has 1 aromatic carbocycles. The molecule has 2 aliphatic rings. The number of nitrogens with one attached hydrogen (secondary N) is 1. The van der Waals surface area contributed by atoms with E-state index in [0.717, 1.165) is 64.3 Å². The topological polar surface area (TPSA) is 77.5 Å². The molecule has 1 N–H and O–H groups in total. The number of pyridine rings is 1. The normalized spacial score (nSPS) is 18.2. The molecule has 2 aromatic heterocycles. The lowest BCUT2D eigenvalue weighted by Crippen LogP contribution is -2.43. The van der Waals surface area contributed by atoms with E-state index in [1.807, 2.05) is 18.2 Å². The molecule has 0 spiro atoms. The number of piperazine rings is 1. The number of alkyl halides is 3. The minimum Gasteiger partial charge on any atom is -0.354 e. The first-order valence-corrected chi connectivity index (χ1v) is 14.8. The van der Waals surface area contributed by atoms with Gasteiger partial charge >= 0.3 is 6.18 Å². The highest BCUT2D eigenvalue weighted by Crippen LogP contribution is 2.30. The summed E-state index contributed by atoms with van der Waals surface area (Å²) in [7, 11) is 0. The molecule has 8 nitrogen and oxygen atoms in total. The zero-order valence-electron chi connectivity index (χ0n) is 22.1. The van der Waals surface area contributed by atoms with Crippen molar-refractivity contribution in [1.82, 2.24) is 29.5 Å². The maximum atomic E-state index is 13.5. The zero-order chi connectivity index (χ0) is 28.3. The summed E-state index contributed by atoms with van der Waals surface area (Å²) in [5.41, 5.74) is 1.52. The SMILES string of the molecule is CSN1CCN(c2ccc3c(C(=O)NCC(c4cnc(C(F)(F)F)nc4)N4CCCCC4)c(Cl)ccc3n2)CC1. The van der Waals surface area contributed by atoms with E-state index in [1.54, 1.807) is 18.0 Å². The Bertz CT molecular complexity index is 1330. The molecular weight excluding hydrogens is 563 g/mol. The maximum absolute atomic E-state index is 13.5. The number of carbonyl (C=O) groups excluding carboxylic acids is 1. The molecule has 13 heteroatoms. The predicted molar refractivity (Wildman–Crippen MR) is 152 cm³/mol. The van der Waals surface area contributed by atoms with E-state index in [1.165, 1.54) is 12.4 Å². The van der Waals surface area contributed by atoms with Crippen LogP contribution in [-0.4, -0.2) is 82.1 Å². The Kier molecular flexibility index (Phi) is 8.98. The molecule has 1 unspecified atom stereocenters. The lowest BCUT2D eigenvalue weighted by molar-refractivity contribution is -0.145. The summed E-state index contributed by atoms with van der Waals surface area (Å²) in [4.78, 5) is 29.8. The molecule has 1 amide bonds. The molecular formula is C27H31ClF3N7OS. The van der Waals surface area contributed by atoms with Gasteiger partial charge in [-0.3, -0.25) is 9.69 Å². The van der Waals surface area contributed by atoms with Crippen molar-refractivity contribution in [2.24, 2.45) is 0 Å². The summed E-state index contributed by atoms with van der Waals surface area (Å²) in [5.74, 6) is -0.693. The van der Waals surface area contributed by atoms with Gasteiger partial charge in [-0.05, 0) is 56.5 Å². The van der Waals surface area contributed by atoms with Crippen molar-refractivity contribution in [1.29, 1.82) is 0 Å². The lowest BCUT2D eigenvalue weighted by Gasteiger charge is -2.34. The van der Waals surface area contributed by atoms with Crippen LogP contribution >= 0.6 is 23.5 Å². The third kappa shape index (κ3) is 6.45. The first-order chi connectivity index (χ1) is 19.2. The summed E-state index contributed by atoms with van der Waals surface area (Å²) in [6.45, 7) is 5.33. The first-order valence-electron chi connectivity index (χ1n) is 13.3. The highest BCUT2D eigenvalue weighted by Gasteiger charge is 2.35. The predicted octanol–water partition coefficient (Wildman–Crippen LogP) is 5.05. The fourth-order valence-electron chi connectivity index (χ4n) is 5.30. The molecule has 0 radical (unpaired) electrons. The Labute approximate surface area is 240 Å². The molecule has 4 heterocycles. The van der Waals surface area contributed by atoms with Crippen LogP contribution in [0.1, 0.15) is 47.1 Å². The number of fused-ring (bicyclic) bond motifs is 1. The van der Waals surface area contributed by atoms with Crippen molar-refractivity contribution in [2.45, 2.75) is 31.5 Å². The van der Waals surface area contributed by atoms with Crippen LogP contribution in [0.4, 0.5) is 19.0 Å². The van der Waals surface area contributed by atoms with E-state index in [4.69, 9.17) is 16.6 Å². The van der Waals surface area contributed by atoms with Crippen LogP contribution < -0.4 is 10.2 Å². The van der Waals surface area contributed by atoms with Crippen LogP contribution in [0.15, 0.2) is 36.7 Å². The minimum absolute atomic E-state index is 0.172. The Morgan fingerprint density at radius 1 is 1.02 bits per heavy atom. The van der Waals surface area contributed by atoms with Gasteiger partial charge < -0.3 is 10.2 Å². The van der Waals surface area contributed by atoms with Gasteiger partial charge in [0.2, 0.25) is 5.82 Å². The van der Waals surface area contributed by atoms with Crippen molar-refractivity contribution in [2.75, 3.05) is 57.0 Å². The summed E-state index contributed by atoms with van der Waals surface area (Å²) in [5, 5.41) is 3.92. The first kappa shape index (κ1) is 28.8. The summed E-state index contributed by atoms with van der Waals surface area (Å²) < 4.78 is 41.4. The monoisotopic (exact) mass is 593 g/mol. The summed E-state index contributed by atoms with van der Waals surface area (Å²) in [6, 6.07) is 6.91. The maximum Gasteiger partial charge on any atom is 0.451 e. The van der Waals surface area contributed by atoms with Gasteiger partial charge in [-0.1, -0.05) is 30.0 Å². The van der Waals surface area contributed by atoms with Crippen LogP contribution in [0.3, 0.4) is 0 Å². The average Bonchev–Trinajstić information content (AvgIpc) is 2.97. The molecule has 0 saturated carbocycles. The molecule has 5 rings (SSSR count). The van der Waals surface area contributed by atoms with Gasteiger partial charge in [0.25, 0.3) is 5.91 Å². The number of likely N-dealkylation sites (tertiary alicyclic amines) is 1. The van der Waals surface area contributed by atoms with Crippen molar-refractivity contribution in [3.63, 3.8) is 0 Å². The highest BCUT2D eigenvalue weighted by molar-refractivity contribution is 7.96. The second-order valence-electron chi connectivity index (χ2n) is 9.92. The molecule has 2 saturated heterocycles. The van der Waals surface area contributed by atoms with Gasteiger partial charge in [-0.25, -0.2) is 19.3 Å². The number of aromatic nitrogens is 3. The molecule has 40 heavy (non-hydrogen) atoms. The van der Waals surface area contributed by atoms with E-state index >= 15 is 0 Å². The van der Waals surface area contributed by atoms with Gasteiger partial charge in [0.1, 0.15) is 5.82 Å². The van der Waals surface area contributed by atoms with E-state index in [0.29, 0.717) is 27.1 Å². The zero-order valence-corrected chi connectivity index (χ0v) is 23.7. The number of piperidine rings is 1. The number of amides is 1. The fourth-order valence-corrected chi connectivity index (χ4v) is 6.07. The number of anilines is 1. The van der Waals surface area contributed by atoms with Crippen LogP contribution in [0.5, 0.6) is 0 Å². The smallest absolute Gasteiger partial charge is 0.354 e. The number of carbonyl (C=O) groups is 1. The van der Waals surface area contributed by atoms with Crippen molar-refractivity contribution < 1.29 is 18.0 Å². The summed E-state index contributed by atoms with van der Waals surface area (Å²) >= 11 is 8.26. The van der Waals surface area contributed by atoms with Crippen molar-refractivity contribution in [3.8, 4) is 0 Å². The molecule has 2 fully saturated rings. The van der Waals surface area contributed by atoms with E-state index < -0.39 is 12.0 Å². The molecule has 214 valence electrons. The summed E-state index contributed by atoms with van der Waals surface area (Å²) in [6.07, 6.45) is 2.91. The second kappa shape index (κ2) is 12.5. The van der Waals surface area contributed by atoms with Crippen molar-refractivity contribution in [3.05, 3.63) is 58.6 Å². The quantitative estimate of drug-likeness (QED) is 0.381. The molecule has 3 aromatic rings. The number of nitrogens with zero attached hydrogens (tertiary/aromatic N) is 6. The van der Waals surface area contributed by atoms with Gasteiger partial charge in [0.05, 0.1) is 22.1 Å². The highest BCUT2D eigenvalue weighted by atomic mass is 35.5. The number of hydrogen-bond acceptors (Lipinski definition) is 8. The van der Waals surface area contributed by atoms with Gasteiger partial charge in [-0.2, -0.15) is 13.2 Å². The van der Waals surface area contributed by atoms with E-state index in [-0.39, 0.29) is 18.5 Å². The molecule has 2 aliphatic heterocycles. The Hall–Kier alpha value is -2.67. The fraction of sp³-hybridized carbons (Fsp3) is 0.481. The second-order valence-corrected chi connectivity index (χ2v) is 11.2. The van der Waals surface area contributed by atoms with Gasteiger partial charge in [0.15, 0.2) is 0 Å². The van der Waals surface area contributed by atoms with Crippen LogP contribution in [-0.2, 0) is 6.18 Å². The third-order valence-electron chi connectivity index (χ3n) is 7.45. The van der Waals surface area contributed by atoms with Crippen LogP contribution in [0.25, 0.3) is 10.9 Å². The van der Waals surface area contributed by atoms with Crippen molar-refractivity contribution >= 4 is 46.2 Å². The molecule has 0 bridgehead atoms. The number of benzene rings is 1. The van der Waals surface area contributed by atoms with E-state index in [9.17, 15) is 18.0 Å². The van der Waals surface area contributed by atoms with Gasteiger partial charge in [0, 0.05) is 56.1 Å². The van der Waals surface area contributed by atoms with Gasteiger partial charge in [-0.15, -0.1) is 0 Å².